The zero-order valence-corrected chi connectivity index (χ0v) is 13.9. The van der Waals surface area contributed by atoms with Gasteiger partial charge in [-0.05, 0) is 51.4 Å². The largest absolute Gasteiger partial charge is 0.379 e. The minimum Gasteiger partial charge on any atom is -0.379 e. The summed E-state index contributed by atoms with van der Waals surface area (Å²) in [7, 11) is -1.55. The molecule has 0 aliphatic heterocycles. The Balaban J connectivity index is 2.39. The molecule has 0 unspecified atom stereocenters. The first-order chi connectivity index (χ1) is 9.95. The van der Waals surface area contributed by atoms with E-state index in [4.69, 9.17) is 4.74 Å². The molecule has 1 rings (SSSR count). The van der Waals surface area contributed by atoms with E-state index < -0.39 is 10.0 Å². The summed E-state index contributed by atoms with van der Waals surface area (Å²) in [5, 5.41) is 3.03. The fourth-order valence-electron chi connectivity index (χ4n) is 1.83. The third kappa shape index (κ3) is 7.04. The maximum absolute atomic E-state index is 12.1. The number of hydrogen-bond donors (Lipinski definition) is 2. The molecule has 2 N–H and O–H groups in total. The van der Waals surface area contributed by atoms with Gasteiger partial charge in [-0.3, -0.25) is 0 Å². The topological polar surface area (TPSA) is 67.4 Å². The van der Waals surface area contributed by atoms with E-state index in [2.05, 4.69) is 10.0 Å². The average Bonchev–Trinajstić information content (AvgIpc) is 2.43. The fraction of sp³-hybridized carbons (Fsp3) is 0.600. The molecule has 0 aliphatic rings. The van der Waals surface area contributed by atoms with E-state index in [0.29, 0.717) is 18.0 Å². The SMILES string of the molecule is CNCc1ccc(S(=O)(=O)NCCCCOC(C)C)cc1. The molecule has 21 heavy (non-hydrogen) atoms. The van der Waals surface area contributed by atoms with Crippen molar-refractivity contribution in [2.75, 3.05) is 20.2 Å². The van der Waals surface area contributed by atoms with Crippen LogP contribution in [-0.4, -0.2) is 34.7 Å². The highest BCUT2D eigenvalue weighted by Crippen LogP contribution is 2.10. The van der Waals surface area contributed by atoms with Gasteiger partial charge in [0, 0.05) is 19.7 Å². The van der Waals surface area contributed by atoms with E-state index in [1.165, 1.54) is 0 Å². The number of sulfonamides is 1. The Hall–Kier alpha value is -0.950. The quantitative estimate of drug-likeness (QED) is 0.647. The van der Waals surface area contributed by atoms with Gasteiger partial charge in [0.15, 0.2) is 0 Å². The second kappa shape index (κ2) is 9.15. The van der Waals surface area contributed by atoms with Gasteiger partial charge in [-0.15, -0.1) is 0 Å². The summed E-state index contributed by atoms with van der Waals surface area (Å²) in [5.41, 5.74) is 1.06. The average molecular weight is 314 g/mol. The Morgan fingerprint density at radius 2 is 1.81 bits per heavy atom. The molecule has 0 atom stereocenters. The van der Waals surface area contributed by atoms with E-state index in [9.17, 15) is 8.42 Å². The molecular formula is C15H26N2O3S. The van der Waals surface area contributed by atoms with Crippen LogP contribution in [0.5, 0.6) is 0 Å². The van der Waals surface area contributed by atoms with Gasteiger partial charge in [-0.1, -0.05) is 12.1 Å². The van der Waals surface area contributed by atoms with Crippen molar-refractivity contribution in [2.24, 2.45) is 0 Å². The summed E-state index contributed by atoms with van der Waals surface area (Å²) in [6.45, 7) is 5.80. The summed E-state index contributed by atoms with van der Waals surface area (Å²) in [4.78, 5) is 0.306. The van der Waals surface area contributed by atoms with E-state index in [1.54, 1.807) is 12.1 Å². The summed E-state index contributed by atoms with van der Waals surface area (Å²) >= 11 is 0. The van der Waals surface area contributed by atoms with Crippen molar-refractivity contribution in [1.82, 2.24) is 10.0 Å². The molecule has 0 heterocycles. The first kappa shape index (κ1) is 18.1. The van der Waals surface area contributed by atoms with Gasteiger partial charge < -0.3 is 10.1 Å². The molecule has 1 aromatic rings. The fourth-order valence-corrected chi connectivity index (χ4v) is 2.90. The van der Waals surface area contributed by atoms with Crippen molar-refractivity contribution in [3.05, 3.63) is 29.8 Å². The smallest absolute Gasteiger partial charge is 0.240 e. The van der Waals surface area contributed by atoms with Crippen LogP contribution in [0.2, 0.25) is 0 Å². The van der Waals surface area contributed by atoms with Crippen molar-refractivity contribution in [3.8, 4) is 0 Å². The van der Waals surface area contributed by atoms with Crippen LogP contribution >= 0.6 is 0 Å². The first-order valence-electron chi connectivity index (χ1n) is 7.30. The minimum absolute atomic E-state index is 0.220. The maximum atomic E-state index is 12.1. The van der Waals surface area contributed by atoms with Crippen molar-refractivity contribution >= 4 is 10.0 Å². The summed E-state index contributed by atoms with van der Waals surface area (Å²) < 4.78 is 32.2. The van der Waals surface area contributed by atoms with E-state index in [1.807, 2.05) is 33.0 Å². The second-order valence-corrected chi connectivity index (χ2v) is 6.97. The number of hydrogen-bond acceptors (Lipinski definition) is 4. The van der Waals surface area contributed by atoms with Crippen molar-refractivity contribution in [3.63, 3.8) is 0 Å². The van der Waals surface area contributed by atoms with Crippen LogP contribution in [0.25, 0.3) is 0 Å². The van der Waals surface area contributed by atoms with Gasteiger partial charge in [-0.25, -0.2) is 13.1 Å². The molecule has 0 fully saturated rings. The van der Waals surface area contributed by atoms with Gasteiger partial charge in [0.25, 0.3) is 0 Å². The lowest BCUT2D eigenvalue weighted by molar-refractivity contribution is 0.0762. The Labute approximate surface area is 128 Å². The van der Waals surface area contributed by atoms with E-state index in [0.717, 1.165) is 24.9 Å². The van der Waals surface area contributed by atoms with Gasteiger partial charge in [0.05, 0.1) is 11.0 Å². The lowest BCUT2D eigenvalue weighted by Crippen LogP contribution is -2.25. The molecule has 0 saturated carbocycles. The number of benzene rings is 1. The van der Waals surface area contributed by atoms with Crippen LogP contribution in [0.15, 0.2) is 29.2 Å². The molecule has 120 valence electrons. The van der Waals surface area contributed by atoms with Gasteiger partial charge in [-0.2, -0.15) is 0 Å². The van der Waals surface area contributed by atoms with Crippen LogP contribution in [0.3, 0.4) is 0 Å². The Kier molecular flexibility index (Phi) is 7.88. The van der Waals surface area contributed by atoms with Crippen molar-refractivity contribution in [2.45, 2.75) is 44.2 Å². The molecular weight excluding hydrogens is 288 g/mol. The van der Waals surface area contributed by atoms with Crippen molar-refractivity contribution < 1.29 is 13.2 Å². The molecule has 1 aromatic carbocycles. The minimum atomic E-state index is -3.41. The monoisotopic (exact) mass is 314 g/mol. The summed E-state index contributed by atoms with van der Waals surface area (Å²) in [5.74, 6) is 0. The molecule has 0 amide bonds. The lowest BCUT2D eigenvalue weighted by atomic mass is 10.2. The van der Waals surface area contributed by atoms with Crippen LogP contribution < -0.4 is 10.0 Å². The molecule has 0 radical (unpaired) electrons. The Morgan fingerprint density at radius 3 is 2.38 bits per heavy atom. The van der Waals surface area contributed by atoms with Gasteiger partial charge >= 0.3 is 0 Å². The maximum Gasteiger partial charge on any atom is 0.240 e. The lowest BCUT2D eigenvalue weighted by Gasteiger charge is -2.09. The predicted molar refractivity (Wildman–Crippen MR) is 84.7 cm³/mol. The molecule has 0 spiro atoms. The summed E-state index contributed by atoms with van der Waals surface area (Å²) in [6, 6.07) is 6.91. The zero-order chi connectivity index (χ0) is 15.7. The number of unbranched alkanes of at least 4 members (excludes halogenated alkanes) is 1. The molecule has 0 saturated heterocycles. The third-order valence-corrected chi connectivity index (χ3v) is 4.41. The van der Waals surface area contributed by atoms with Crippen LogP contribution in [0.4, 0.5) is 0 Å². The second-order valence-electron chi connectivity index (χ2n) is 5.20. The van der Waals surface area contributed by atoms with E-state index in [-0.39, 0.29) is 6.10 Å². The van der Waals surface area contributed by atoms with E-state index >= 15 is 0 Å². The molecule has 5 nitrogen and oxygen atoms in total. The molecule has 6 heteroatoms. The molecule has 0 aliphatic carbocycles. The van der Waals surface area contributed by atoms with Gasteiger partial charge in [0.1, 0.15) is 0 Å². The Bertz CT molecular complexity index is 498. The highest BCUT2D eigenvalue weighted by Gasteiger charge is 2.12. The number of nitrogens with one attached hydrogen (secondary N) is 2. The highest BCUT2D eigenvalue weighted by atomic mass is 32.2. The third-order valence-electron chi connectivity index (χ3n) is 2.93. The summed E-state index contributed by atoms with van der Waals surface area (Å²) in [6.07, 6.45) is 1.84. The van der Waals surface area contributed by atoms with Crippen LogP contribution in [-0.2, 0) is 21.3 Å². The predicted octanol–water partition coefficient (Wildman–Crippen LogP) is 1.89. The molecule has 0 aromatic heterocycles. The highest BCUT2D eigenvalue weighted by molar-refractivity contribution is 7.89. The van der Waals surface area contributed by atoms with Crippen LogP contribution in [0.1, 0.15) is 32.3 Å². The Morgan fingerprint density at radius 1 is 1.14 bits per heavy atom. The standard InChI is InChI=1S/C15H26N2O3S/c1-13(2)20-11-5-4-10-17-21(18,19)15-8-6-14(7-9-15)12-16-3/h6-9,13,16-17H,4-5,10-12H2,1-3H3. The number of rotatable bonds is 10. The van der Waals surface area contributed by atoms with Gasteiger partial charge in [0.2, 0.25) is 10.0 Å². The van der Waals surface area contributed by atoms with Crippen molar-refractivity contribution in [1.29, 1.82) is 0 Å². The zero-order valence-electron chi connectivity index (χ0n) is 13.1. The first-order valence-corrected chi connectivity index (χ1v) is 8.79. The van der Waals surface area contributed by atoms with Crippen LogP contribution in [0, 0.1) is 0 Å². The normalized spacial score (nSPS) is 12.0. The number of ether oxygens (including phenoxy) is 1. The molecule has 0 bridgehead atoms.